The van der Waals surface area contributed by atoms with E-state index in [0.717, 1.165) is 9.88 Å². The molecule has 0 amide bonds. The second-order valence-corrected chi connectivity index (χ2v) is 5.89. The monoisotopic (exact) mass is 317 g/mol. The molecule has 8 heteroatoms. The number of anilines is 1. The van der Waals surface area contributed by atoms with Gasteiger partial charge in [-0.05, 0) is 13.0 Å². The van der Waals surface area contributed by atoms with Crippen LogP contribution < -0.4 is 5.32 Å². The Morgan fingerprint density at radius 1 is 1.42 bits per heavy atom. The van der Waals surface area contributed by atoms with Gasteiger partial charge >= 0.3 is 0 Å². The Morgan fingerprint density at radius 3 is 2.68 bits per heavy atom. The first kappa shape index (κ1) is 14.0. The van der Waals surface area contributed by atoms with E-state index in [1.54, 1.807) is 6.20 Å². The van der Waals surface area contributed by atoms with Crippen molar-refractivity contribution in [2.75, 3.05) is 5.32 Å². The molecule has 5 nitrogen and oxygen atoms in total. The maximum Gasteiger partial charge on any atom is 0.293 e. The average molecular weight is 318 g/mol. The number of nitrogens with one attached hydrogen (secondary N) is 1. The van der Waals surface area contributed by atoms with E-state index >= 15 is 0 Å². The molecule has 0 saturated heterocycles. The maximum atomic E-state index is 11.0. The first-order chi connectivity index (χ1) is 8.97. The molecular formula is C11H9Cl2N3O2S. The minimum atomic E-state index is -0.502. The van der Waals surface area contributed by atoms with E-state index in [2.05, 4.69) is 10.3 Å². The van der Waals surface area contributed by atoms with Gasteiger partial charge in [0.15, 0.2) is 0 Å². The summed E-state index contributed by atoms with van der Waals surface area (Å²) < 4.78 is 0. The predicted molar refractivity (Wildman–Crippen MR) is 77.3 cm³/mol. The molecule has 0 bridgehead atoms. The van der Waals surface area contributed by atoms with E-state index in [0.29, 0.717) is 12.2 Å². The van der Waals surface area contributed by atoms with Crippen LogP contribution in [-0.4, -0.2) is 9.91 Å². The van der Waals surface area contributed by atoms with Gasteiger partial charge in [-0.25, -0.2) is 4.98 Å². The summed E-state index contributed by atoms with van der Waals surface area (Å²) in [7, 11) is 0. The molecule has 100 valence electrons. The van der Waals surface area contributed by atoms with Crippen LogP contribution in [0.25, 0.3) is 0 Å². The van der Waals surface area contributed by atoms with Crippen LogP contribution >= 0.6 is 34.5 Å². The first-order valence-electron chi connectivity index (χ1n) is 5.26. The maximum absolute atomic E-state index is 11.0. The molecule has 0 fully saturated rings. The van der Waals surface area contributed by atoms with Gasteiger partial charge in [-0.2, -0.15) is 0 Å². The lowest BCUT2D eigenvalue weighted by Crippen LogP contribution is -2.02. The summed E-state index contributed by atoms with van der Waals surface area (Å²) in [5, 5.41) is 15.2. The van der Waals surface area contributed by atoms with E-state index in [-0.39, 0.29) is 15.7 Å². The van der Waals surface area contributed by atoms with Crippen molar-refractivity contribution >= 4 is 45.9 Å². The number of nitro groups is 1. The Hall–Kier alpha value is -1.37. The predicted octanol–water partition coefficient (Wildman–Crippen LogP) is 4.28. The molecule has 1 heterocycles. The number of benzene rings is 1. The normalized spacial score (nSPS) is 10.5. The highest BCUT2D eigenvalue weighted by Crippen LogP contribution is 2.34. The third kappa shape index (κ3) is 3.34. The Balaban J connectivity index is 2.23. The van der Waals surface area contributed by atoms with Crippen LogP contribution in [0.5, 0.6) is 0 Å². The minimum absolute atomic E-state index is 0.109. The van der Waals surface area contributed by atoms with E-state index < -0.39 is 4.92 Å². The fourth-order valence-electron chi connectivity index (χ4n) is 1.48. The summed E-state index contributed by atoms with van der Waals surface area (Å²) in [6.07, 6.45) is 1.75. The highest BCUT2D eigenvalue weighted by Gasteiger charge is 2.17. The van der Waals surface area contributed by atoms with Gasteiger partial charge in [0.05, 0.1) is 21.5 Å². The van der Waals surface area contributed by atoms with Crippen molar-refractivity contribution in [1.29, 1.82) is 0 Å². The van der Waals surface area contributed by atoms with Crippen LogP contribution in [0.1, 0.15) is 9.88 Å². The number of nitro benzene ring substituents is 1. The van der Waals surface area contributed by atoms with Gasteiger partial charge in [0, 0.05) is 17.1 Å². The molecular weight excluding hydrogens is 309 g/mol. The summed E-state index contributed by atoms with van der Waals surface area (Å²) >= 11 is 13.2. The van der Waals surface area contributed by atoms with Gasteiger partial charge in [0.1, 0.15) is 10.7 Å². The van der Waals surface area contributed by atoms with Gasteiger partial charge < -0.3 is 5.32 Å². The lowest BCUT2D eigenvalue weighted by molar-refractivity contribution is -0.383. The number of aromatic nitrogens is 1. The second-order valence-electron chi connectivity index (χ2n) is 3.76. The molecule has 0 saturated carbocycles. The summed E-state index contributed by atoms with van der Waals surface area (Å²) in [4.78, 5) is 15.7. The molecule has 0 radical (unpaired) electrons. The average Bonchev–Trinajstić information content (AvgIpc) is 2.76. The number of hydrogen-bond acceptors (Lipinski definition) is 5. The van der Waals surface area contributed by atoms with Gasteiger partial charge in [-0.1, -0.05) is 23.2 Å². The van der Waals surface area contributed by atoms with Crippen LogP contribution in [0.4, 0.5) is 11.4 Å². The Bertz CT molecular complexity index is 630. The van der Waals surface area contributed by atoms with E-state index in [9.17, 15) is 10.1 Å². The van der Waals surface area contributed by atoms with Crippen molar-refractivity contribution in [2.45, 2.75) is 13.5 Å². The van der Waals surface area contributed by atoms with Gasteiger partial charge in [-0.15, -0.1) is 11.3 Å². The van der Waals surface area contributed by atoms with E-state index in [4.69, 9.17) is 23.2 Å². The quantitative estimate of drug-likeness (QED) is 0.675. The molecule has 0 aliphatic carbocycles. The number of hydrogen-bond donors (Lipinski definition) is 1. The molecule has 2 aromatic rings. The zero-order chi connectivity index (χ0) is 14.0. The molecule has 0 unspecified atom stereocenters. The van der Waals surface area contributed by atoms with Gasteiger partial charge in [0.25, 0.3) is 5.69 Å². The number of aryl methyl sites for hydroxylation is 1. The van der Waals surface area contributed by atoms with Crippen molar-refractivity contribution in [3.8, 4) is 0 Å². The zero-order valence-electron chi connectivity index (χ0n) is 9.81. The summed E-state index contributed by atoms with van der Waals surface area (Å²) in [6.45, 7) is 2.35. The molecule has 0 aliphatic rings. The van der Waals surface area contributed by atoms with E-state index in [1.807, 2.05) is 6.92 Å². The molecule has 19 heavy (non-hydrogen) atoms. The summed E-state index contributed by atoms with van der Waals surface area (Å²) in [5.74, 6) is 0. The fourth-order valence-corrected chi connectivity index (χ4v) is 2.53. The molecule has 0 atom stereocenters. The van der Waals surface area contributed by atoms with E-state index in [1.165, 1.54) is 23.5 Å². The standard InChI is InChI=1S/C11H9Cl2N3O2S/c1-6-4-15-11(19-6)5-14-9-2-7(12)8(13)3-10(9)16(17)18/h2-4,14H,5H2,1H3. The second kappa shape index (κ2) is 5.73. The minimum Gasteiger partial charge on any atom is -0.373 e. The fraction of sp³-hybridized carbons (Fsp3) is 0.182. The Labute approximate surface area is 123 Å². The molecule has 0 aliphatic heterocycles. The lowest BCUT2D eigenvalue weighted by atomic mass is 10.2. The highest BCUT2D eigenvalue weighted by molar-refractivity contribution is 7.11. The Kier molecular flexibility index (Phi) is 4.24. The van der Waals surface area contributed by atoms with Crippen LogP contribution in [0, 0.1) is 17.0 Å². The van der Waals surface area contributed by atoms with Crippen molar-refractivity contribution in [1.82, 2.24) is 4.98 Å². The van der Waals surface area contributed by atoms with Crippen molar-refractivity contribution in [2.24, 2.45) is 0 Å². The molecule has 2 rings (SSSR count). The van der Waals surface area contributed by atoms with Gasteiger partial charge in [-0.3, -0.25) is 10.1 Å². The van der Waals surface area contributed by atoms with Crippen LogP contribution in [0.3, 0.4) is 0 Å². The van der Waals surface area contributed by atoms with Crippen molar-refractivity contribution in [3.63, 3.8) is 0 Å². The SMILES string of the molecule is Cc1cnc(CNc2cc(Cl)c(Cl)cc2[N+](=O)[O-])s1. The third-order valence-electron chi connectivity index (χ3n) is 2.33. The molecule has 0 spiro atoms. The topological polar surface area (TPSA) is 68.1 Å². The number of halogens is 2. The van der Waals surface area contributed by atoms with Crippen molar-refractivity contribution in [3.05, 3.63) is 48.4 Å². The summed E-state index contributed by atoms with van der Waals surface area (Å²) in [6, 6.07) is 2.68. The van der Waals surface area contributed by atoms with Gasteiger partial charge in [0.2, 0.25) is 0 Å². The first-order valence-corrected chi connectivity index (χ1v) is 6.83. The summed E-state index contributed by atoms with van der Waals surface area (Å²) in [5.41, 5.74) is 0.218. The largest absolute Gasteiger partial charge is 0.373 e. The van der Waals surface area contributed by atoms with Crippen molar-refractivity contribution < 1.29 is 4.92 Å². The van der Waals surface area contributed by atoms with Crippen LogP contribution in [0.2, 0.25) is 10.0 Å². The number of rotatable bonds is 4. The molecule has 1 aromatic heterocycles. The van der Waals surface area contributed by atoms with Crippen LogP contribution in [-0.2, 0) is 6.54 Å². The zero-order valence-corrected chi connectivity index (χ0v) is 12.1. The lowest BCUT2D eigenvalue weighted by Gasteiger charge is -2.07. The molecule has 1 aromatic carbocycles. The number of nitrogens with zero attached hydrogens (tertiary/aromatic N) is 2. The number of thiazole rings is 1. The van der Waals surface area contributed by atoms with Crippen LogP contribution in [0.15, 0.2) is 18.3 Å². The molecule has 1 N–H and O–H groups in total. The third-order valence-corrected chi connectivity index (χ3v) is 3.97. The smallest absolute Gasteiger partial charge is 0.293 e. The Morgan fingerprint density at radius 2 is 2.11 bits per heavy atom. The highest BCUT2D eigenvalue weighted by atomic mass is 35.5.